The van der Waals surface area contributed by atoms with Gasteiger partial charge in [0.1, 0.15) is 11.5 Å². The smallest absolute Gasteiger partial charge is 0.190 e. The standard InChI is InChI=1S/C24H26FN7S/c1-13-4-5-19(21(25)15(13)3)32-24(29-30-31-32)18-11-17(12-28-23(18)26)20-10-14(2)22(33-20)16-6-8-27-9-7-16/h4-5,10-12,16,27H,6-9H2,1-3H3,(H2,26,28). The molecule has 1 fully saturated rings. The van der Waals surface area contributed by atoms with Crippen molar-refractivity contribution >= 4 is 17.2 Å². The van der Waals surface area contributed by atoms with Crippen molar-refractivity contribution in [2.45, 2.75) is 39.5 Å². The van der Waals surface area contributed by atoms with Crippen molar-refractivity contribution in [2.75, 3.05) is 18.8 Å². The lowest BCUT2D eigenvalue weighted by Gasteiger charge is -2.22. The summed E-state index contributed by atoms with van der Waals surface area (Å²) in [4.78, 5) is 6.99. The third-order valence-corrected chi connectivity index (χ3v) is 7.89. The number of benzene rings is 1. The third kappa shape index (κ3) is 3.91. The second-order valence-electron chi connectivity index (χ2n) is 8.59. The molecule has 0 radical (unpaired) electrons. The van der Waals surface area contributed by atoms with Gasteiger partial charge in [-0.2, -0.15) is 4.68 Å². The number of rotatable bonds is 4. The van der Waals surface area contributed by atoms with Gasteiger partial charge >= 0.3 is 0 Å². The Morgan fingerprint density at radius 3 is 2.70 bits per heavy atom. The number of pyridine rings is 1. The van der Waals surface area contributed by atoms with E-state index in [0.717, 1.165) is 41.9 Å². The minimum absolute atomic E-state index is 0.281. The zero-order chi connectivity index (χ0) is 23.1. The van der Waals surface area contributed by atoms with E-state index >= 15 is 4.39 Å². The Labute approximate surface area is 195 Å². The topological polar surface area (TPSA) is 94.5 Å². The van der Waals surface area contributed by atoms with E-state index in [9.17, 15) is 0 Å². The monoisotopic (exact) mass is 463 g/mol. The van der Waals surface area contributed by atoms with E-state index in [1.165, 1.54) is 15.1 Å². The number of nitrogens with zero attached hydrogens (tertiary/aromatic N) is 5. The number of thiophene rings is 1. The van der Waals surface area contributed by atoms with Crippen LogP contribution >= 0.6 is 11.3 Å². The van der Waals surface area contributed by atoms with E-state index in [4.69, 9.17) is 5.73 Å². The molecule has 0 atom stereocenters. The largest absolute Gasteiger partial charge is 0.383 e. The van der Waals surface area contributed by atoms with E-state index in [1.807, 2.05) is 30.4 Å². The fourth-order valence-corrected chi connectivity index (χ4v) is 5.69. The lowest BCUT2D eigenvalue weighted by atomic mass is 9.94. The summed E-state index contributed by atoms with van der Waals surface area (Å²) in [6.07, 6.45) is 4.09. The molecule has 5 rings (SSSR count). The average Bonchev–Trinajstić information content (AvgIpc) is 3.45. The molecule has 4 heterocycles. The van der Waals surface area contributed by atoms with Gasteiger partial charge in [0.15, 0.2) is 11.6 Å². The van der Waals surface area contributed by atoms with E-state index in [-0.39, 0.29) is 11.5 Å². The first-order chi connectivity index (χ1) is 15.9. The number of halogens is 1. The number of hydrogen-bond donors (Lipinski definition) is 2. The number of aryl methyl sites for hydroxylation is 2. The summed E-state index contributed by atoms with van der Waals surface area (Å²) in [7, 11) is 0. The zero-order valence-corrected chi connectivity index (χ0v) is 19.7. The maximum absolute atomic E-state index is 15.0. The van der Waals surface area contributed by atoms with Gasteiger partial charge in [-0.15, -0.1) is 16.4 Å². The van der Waals surface area contributed by atoms with Crippen LogP contribution in [0.5, 0.6) is 0 Å². The maximum Gasteiger partial charge on any atom is 0.190 e. The van der Waals surface area contributed by atoms with E-state index in [1.54, 1.807) is 19.2 Å². The number of tetrazole rings is 1. The molecular formula is C24H26FN7S. The molecule has 3 aromatic heterocycles. The van der Waals surface area contributed by atoms with Crippen LogP contribution < -0.4 is 11.1 Å². The quantitative estimate of drug-likeness (QED) is 0.461. The predicted octanol–water partition coefficient (Wildman–Crippen LogP) is 4.57. The van der Waals surface area contributed by atoms with Crippen molar-refractivity contribution in [3.63, 3.8) is 0 Å². The Morgan fingerprint density at radius 1 is 1.12 bits per heavy atom. The lowest BCUT2D eigenvalue weighted by Crippen LogP contribution is -2.26. The first-order valence-electron chi connectivity index (χ1n) is 11.1. The number of anilines is 1. The van der Waals surface area contributed by atoms with Crippen molar-refractivity contribution in [1.29, 1.82) is 0 Å². The van der Waals surface area contributed by atoms with Crippen LogP contribution in [-0.2, 0) is 0 Å². The second-order valence-corrected chi connectivity index (χ2v) is 9.68. The molecule has 1 aromatic carbocycles. The highest BCUT2D eigenvalue weighted by atomic mass is 32.1. The fourth-order valence-electron chi connectivity index (χ4n) is 4.37. The van der Waals surface area contributed by atoms with Crippen LogP contribution in [0.4, 0.5) is 10.2 Å². The van der Waals surface area contributed by atoms with Crippen molar-refractivity contribution in [3.05, 3.63) is 57.8 Å². The molecule has 0 unspecified atom stereocenters. The molecule has 1 saturated heterocycles. The van der Waals surface area contributed by atoms with Crippen LogP contribution in [0.1, 0.15) is 40.3 Å². The third-order valence-electron chi connectivity index (χ3n) is 6.44. The van der Waals surface area contributed by atoms with Gasteiger partial charge in [-0.25, -0.2) is 9.37 Å². The molecule has 0 aliphatic carbocycles. The van der Waals surface area contributed by atoms with Crippen molar-refractivity contribution < 1.29 is 4.39 Å². The van der Waals surface area contributed by atoms with Gasteiger partial charge in [-0.1, -0.05) is 6.07 Å². The summed E-state index contributed by atoms with van der Waals surface area (Å²) in [6.45, 7) is 7.90. The number of piperidine rings is 1. The van der Waals surface area contributed by atoms with Gasteiger partial charge < -0.3 is 11.1 Å². The molecule has 170 valence electrons. The normalized spacial score (nSPS) is 14.7. The number of nitrogens with two attached hydrogens (primary N) is 1. The van der Waals surface area contributed by atoms with Gasteiger partial charge in [0.25, 0.3) is 0 Å². The van der Waals surface area contributed by atoms with Crippen LogP contribution in [0, 0.1) is 26.6 Å². The minimum Gasteiger partial charge on any atom is -0.383 e. The minimum atomic E-state index is -0.355. The molecule has 0 amide bonds. The van der Waals surface area contributed by atoms with Gasteiger partial charge in [0.2, 0.25) is 0 Å². The highest BCUT2D eigenvalue weighted by Crippen LogP contribution is 2.40. The van der Waals surface area contributed by atoms with E-state index < -0.39 is 0 Å². The van der Waals surface area contributed by atoms with Gasteiger partial charge in [0.05, 0.1) is 5.56 Å². The van der Waals surface area contributed by atoms with Crippen LogP contribution in [-0.4, -0.2) is 38.3 Å². The fraction of sp³-hybridized carbons (Fsp3) is 0.333. The zero-order valence-electron chi connectivity index (χ0n) is 18.9. The number of nitrogens with one attached hydrogen (secondary N) is 1. The molecule has 4 aromatic rings. The Morgan fingerprint density at radius 2 is 1.91 bits per heavy atom. The molecule has 7 nitrogen and oxygen atoms in total. The predicted molar refractivity (Wildman–Crippen MR) is 129 cm³/mol. The number of nitrogen functional groups attached to an aromatic ring is 1. The molecule has 3 N–H and O–H groups in total. The summed E-state index contributed by atoms with van der Waals surface area (Å²) in [6, 6.07) is 7.69. The average molecular weight is 464 g/mol. The molecule has 33 heavy (non-hydrogen) atoms. The first kappa shape index (κ1) is 21.7. The summed E-state index contributed by atoms with van der Waals surface area (Å²) < 4.78 is 16.4. The Hall–Kier alpha value is -3.17. The second kappa shape index (κ2) is 8.64. The molecule has 1 aliphatic rings. The molecule has 0 bridgehead atoms. The van der Waals surface area contributed by atoms with Gasteiger partial charge in [-0.05, 0) is 97.9 Å². The Kier molecular flexibility index (Phi) is 5.67. The van der Waals surface area contributed by atoms with Crippen molar-refractivity contribution in [2.24, 2.45) is 0 Å². The van der Waals surface area contributed by atoms with Gasteiger partial charge in [-0.3, -0.25) is 0 Å². The Bertz CT molecular complexity index is 1320. The van der Waals surface area contributed by atoms with E-state index in [0.29, 0.717) is 28.7 Å². The van der Waals surface area contributed by atoms with E-state index in [2.05, 4.69) is 38.8 Å². The van der Waals surface area contributed by atoms with Crippen LogP contribution in [0.3, 0.4) is 0 Å². The molecular weight excluding hydrogens is 437 g/mol. The highest BCUT2D eigenvalue weighted by molar-refractivity contribution is 7.15. The van der Waals surface area contributed by atoms with Crippen molar-refractivity contribution in [3.8, 4) is 27.5 Å². The highest BCUT2D eigenvalue weighted by Gasteiger charge is 2.22. The summed E-state index contributed by atoms with van der Waals surface area (Å²) in [5.41, 5.74) is 10.8. The summed E-state index contributed by atoms with van der Waals surface area (Å²) in [5.74, 6) is 0.889. The maximum atomic E-state index is 15.0. The molecule has 1 aliphatic heterocycles. The lowest BCUT2D eigenvalue weighted by molar-refractivity contribution is 0.464. The Balaban J connectivity index is 1.56. The van der Waals surface area contributed by atoms with Crippen LogP contribution in [0.2, 0.25) is 0 Å². The van der Waals surface area contributed by atoms with Crippen LogP contribution in [0.25, 0.3) is 27.5 Å². The summed E-state index contributed by atoms with van der Waals surface area (Å²) in [5, 5.41) is 15.4. The number of aromatic nitrogens is 5. The first-order valence-corrected chi connectivity index (χ1v) is 11.9. The molecule has 9 heteroatoms. The SMILES string of the molecule is Cc1cc(-c2cnc(N)c(-c3nnnn3-c3ccc(C)c(C)c3F)c2)sc1C1CCNCC1. The summed E-state index contributed by atoms with van der Waals surface area (Å²) >= 11 is 1.81. The number of hydrogen-bond acceptors (Lipinski definition) is 7. The molecule has 0 spiro atoms. The van der Waals surface area contributed by atoms with Crippen LogP contribution in [0.15, 0.2) is 30.5 Å². The molecule has 0 saturated carbocycles. The van der Waals surface area contributed by atoms with Crippen molar-refractivity contribution in [1.82, 2.24) is 30.5 Å². The van der Waals surface area contributed by atoms with Gasteiger partial charge in [0, 0.05) is 21.5 Å².